The largest absolute Gasteiger partial charge is 0.303 e. The number of nitrogens with zero attached hydrogens (tertiary/aromatic N) is 1. The second-order valence-electron chi connectivity index (χ2n) is 4.96. The molecule has 1 aliphatic carbocycles. The van der Waals surface area contributed by atoms with E-state index in [-0.39, 0.29) is 12.4 Å². The second-order valence-corrected chi connectivity index (χ2v) is 4.96. The molecule has 0 saturated carbocycles. The zero-order valence-corrected chi connectivity index (χ0v) is 10.5. The minimum absolute atomic E-state index is 0. The summed E-state index contributed by atoms with van der Waals surface area (Å²) in [7, 11) is 0. The maximum absolute atomic E-state index is 2.66. The van der Waals surface area contributed by atoms with E-state index in [0.29, 0.717) is 0 Å². The summed E-state index contributed by atoms with van der Waals surface area (Å²) >= 11 is 0. The molecule has 1 saturated heterocycles. The minimum atomic E-state index is 0. The zero-order valence-electron chi connectivity index (χ0n) is 9.69. The SMILES string of the molecule is Cl.c1ccc2c(c1)CC2CN1CCCCC1. The number of halogens is 1. The van der Waals surface area contributed by atoms with Crippen molar-refractivity contribution >= 4 is 12.4 Å². The number of likely N-dealkylation sites (tertiary alicyclic amines) is 1. The summed E-state index contributed by atoms with van der Waals surface area (Å²) in [4.78, 5) is 2.66. The van der Waals surface area contributed by atoms with Crippen LogP contribution in [0.1, 0.15) is 36.3 Å². The molecular formula is C14H20ClN. The molecule has 3 rings (SSSR count). The highest BCUT2D eigenvalue weighted by Crippen LogP contribution is 2.35. The number of benzene rings is 1. The molecular weight excluding hydrogens is 218 g/mol. The van der Waals surface area contributed by atoms with Crippen molar-refractivity contribution in [2.24, 2.45) is 0 Å². The minimum Gasteiger partial charge on any atom is -0.303 e. The Morgan fingerprint density at radius 2 is 1.81 bits per heavy atom. The second kappa shape index (κ2) is 5.20. The van der Waals surface area contributed by atoms with E-state index < -0.39 is 0 Å². The van der Waals surface area contributed by atoms with Crippen LogP contribution in [-0.2, 0) is 6.42 Å². The van der Waals surface area contributed by atoms with E-state index in [1.165, 1.54) is 45.3 Å². The molecule has 2 aliphatic rings. The standard InChI is InChI=1S/C14H19N.ClH/c1-4-8-15(9-5-1)11-13-10-12-6-2-3-7-14(12)13;/h2-3,6-7,13H,1,4-5,8-11H2;1H. The van der Waals surface area contributed by atoms with Crippen molar-refractivity contribution in [2.75, 3.05) is 19.6 Å². The van der Waals surface area contributed by atoms with Gasteiger partial charge in [-0.2, -0.15) is 0 Å². The molecule has 16 heavy (non-hydrogen) atoms. The lowest BCUT2D eigenvalue weighted by Gasteiger charge is -2.36. The van der Waals surface area contributed by atoms with Gasteiger partial charge in [0.25, 0.3) is 0 Å². The number of hydrogen-bond donors (Lipinski definition) is 0. The summed E-state index contributed by atoms with van der Waals surface area (Å²) in [6.07, 6.45) is 5.58. The van der Waals surface area contributed by atoms with Gasteiger partial charge in [0.05, 0.1) is 0 Å². The van der Waals surface area contributed by atoms with Crippen molar-refractivity contribution in [3.63, 3.8) is 0 Å². The molecule has 0 N–H and O–H groups in total. The summed E-state index contributed by atoms with van der Waals surface area (Å²) in [6, 6.07) is 8.94. The fourth-order valence-electron chi connectivity index (χ4n) is 2.98. The van der Waals surface area contributed by atoms with Crippen LogP contribution in [0, 0.1) is 0 Å². The third-order valence-electron chi connectivity index (χ3n) is 3.89. The molecule has 1 heterocycles. The van der Waals surface area contributed by atoms with Crippen molar-refractivity contribution in [1.29, 1.82) is 0 Å². The molecule has 88 valence electrons. The molecule has 1 unspecified atom stereocenters. The van der Waals surface area contributed by atoms with Gasteiger partial charge in [0.2, 0.25) is 0 Å². The van der Waals surface area contributed by atoms with Crippen molar-refractivity contribution < 1.29 is 0 Å². The smallest absolute Gasteiger partial charge is 0.00536 e. The monoisotopic (exact) mass is 237 g/mol. The molecule has 0 bridgehead atoms. The van der Waals surface area contributed by atoms with E-state index in [4.69, 9.17) is 0 Å². The molecule has 1 fully saturated rings. The van der Waals surface area contributed by atoms with Crippen LogP contribution in [0.3, 0.4) is 0 Å². The predicted octanol–water partition coefficient (Wildman–Crippen LogP) is 3.23. The third kappa shape index (κ3) is 2.26. The quantitative estimate of drug-likeness (QED) is 0.764. The number of fused-ring (bicyclic) bond motifs is 1. The normalized spacial score (nSPS) is 24.1. The Morgan fingerprint density at radius 1 is 1.06 bits per heavy atom. The summed E-state index contributed by atoms with van der Waals surface area (Å²) in [5, 5.41) is 0. The Kier molecular flexibility index (Phi) is 3.88. The first-order chi connectivity index (χ1) is 7.43. The topological polar surface area (TPSA) is 3.24 Å². The summed E-state index contributed by atoms with van der Waals surface area (Å²) in [6.45, 7) is 3.97. The van der Waals surface area contributed by atoms with Gasteiger partial charge in [-0.25, -0.2) is 0 Å². The Hall–Kier alpha value is -0.530. The molecule has 1 nitrogen and oxygen atoms in total. The fraction of sp³-hybridized carbons (Fsp3) is 0.571. The van der Waals surface area contributed by atoms with Crippen LogP contribution in [0.4, 0.5) is 0 Å². The van der Waals surface area contributed by atoms with E-state index in [1.807, 2.05) is 0 Å². The lowest BCUT2D eigenvalue weighted by molar-refractivity contribution is 0.209. The summed E-state index contributed by atoms with van der Waals surface area (Å²) < 4.78 is 0. The van der Waals surface area contributed by atoms with Crippen LogP contribution in [0.5, 0.6) is 0 Å². The average Bonchev–Trinajstić information content (AvgIpc) is 2.27. The van der Waals surface area contributed by atoms with Crippen molar-refractivity contribution in [1.82, 2.24) is 4.90 Å². The molecule has 0 amide bonds. The van der Waals surface area contributed by atoms with Crippen molar-refractivity contribution in [3.05, 3.63) is 35.4 Å². The van der Waals surface area contributed by atoms with Crippen LogP contribution >= 0.6 is 12.4 Å². The van der Waals surface area contributed by atoms with E-state index in [1.54, 1.807) is 11.1 Å². The highest BCUT2D eigenvalue weighted by atomic mass is 35.5. The number of rotatable bonds is 2. The predicted molar refractivity (Wildman–Crippen MR) is 70.4 cm³/mol. The van der Waals surface area contributed by atoms with Gasteiger partial charge in [-0.15, -0.1) is 12.4 Å². The molecule has 1 atom stereocenters. The van der Waals surface area contributed by atoms with Gasteiger partial charge in [0.1, 0.15) is 0 Å². The fourth-order valence-corrected chi connectivity index (χ4v) is 2.98. The van der Waals surface area contributed by atoms with Crippen LogP contribution in [-0.4, -0.2) is 24.5 Å². The Balaban J connectivity index is 0.000000963. The first-order valence-corrected chi connectivity index (χ1v) is 6.23. The van der Waals surface area contributed by atoms with E-state index in [2.05, 4.69) is 29.2 Å². The van der Waals surface area contributed by atoms with Gasteiger partial charge in [0, 0.05) is 12.5 Å². The molecule has 2 heteroatoms. The zero-order chi connectivity index (χ0) is 10.1. The van der Waals surface area contributed by atoms with Crippen LogP contribution < -0.4 is 0 Å². The van der Waals surface area contributed by atoms with Crippen molar-refractivity contribution in [2.45, 2.75) is 31.6 Å². The van der Waals surface area contributed by atoms with Gasteiger partial charge >= 0.3 is 0 Å². The van der Waals surface area contributed by atoms with Crippen molar-refractivity contribution in [3.8, 4) is 0 Å². The molecule has 0 radical (unpaired) electrons. The highest BCUT2D eigenvalue weighted by Gasteiger charge is 2.27. The van der Waals surface area contributed by atoms with Crippen LogP contribution in [0.15, 0.2) is 24.3 Å². The van der Waals surface area contributed by atoms with Gasteiger partial charge in [0.15, 0.2) is 0 Å². The molecule has 1 aromatic carbocycles. The van der Waals surface area contributed by atoms with E-state index in [0.717, 1.165) is 5.92 Å². The third-order valence-corrected chi connectivity index (χ3v) is 3.89. The summed E-state index contributed by atoms with van der Waals surface area (Å²) in [5.74, 6) is 0.833. The lowest BCUT2D eigenvalue weighted by atomic mass is 9.77. The first-order valence-electron chi connectivity index (χ1n) is 6.23. The molecule has 1 aliphatic heterocycles. The van der Waals surface area contributed by atoms with E-state index in [9.17, 15) is 0 Å². The van der Waals surface area contributed by atoms with Crippen LogP contribution in [0.25, 0.3) is 0 Å². The van der Waals surface area contributed by atoms with Gasteiger partial charge in [-0.05, 0) is 43.5 Å². The number of piperidine rings is 1. The first kappa shape index (κ1) is 11.9. The average molecular weight is 238 g/mol. The Bertz CT molecular complexity index is 344. The molecule has 0 aromatic heterocycles. The van der Waals surface area contributed by atoms with E-state index >= 15 is 0 Å². The van der Waals surface area contributed by atoms with Gasteiger partial charge < -0.3 is 4.90 Å². The lowest BCUT2D eigenvalue weighted by Crippen LogP contribution is -2.36. The molecule has 1 aromatic rings. The Morgan fingerprint density at radius 3 is 2.56 bits per heavy atom. The molecule has 0 spiro atoms. The maximum atomic E-state index is 2.66. The van der Waals surface area contributed by atoms with Gasteiger partial charge in [-0.1, -0.05) is 30.7 Å². The Labute approximate surface area is 104 Å². The maximum Gasteiger partial charge on any atom is 0.00536 e. The number of hydrogen-bond acceptors (Lipinski definition) is 1. The van der Waals surface area contributed by atoms with Crippen LogP contribution in [0.2, 0.25) is 0 Å². The van der Waals surface area contributed by atoms with Gasteiger partial charge in [-0.3, -0.25) is 0 Å². The summed E-state index contributed by atoms with van der Waals surface area (Å²) in [5.41, 5.74) is 3.20. The highest BCUT2D eigenvalue weighted by molar-refractivity contribution is 5.85.